The topological polar surface area (TPSA) is 18.5 Å². The van der Waals surface area contributed by atoms with Crippen LogP contribution in [-0.2, 0) is 9.78 Å². The van der Waals surface area contributed by atoms with Crippen LogP contribution in [0.4, 0.5) is 0 Å². The first kappa shape index (κ1) is 7.92. The van der Waals surface area contributed by atoms with Gasteiger partial charge in [-0.25, -0.2) is 9.78 Å². The summed E-state index contributed by atoms with van der Waals surface area (Å²) in [5, 5.41) is 0. The van der Waals surface area contributed by atoms with Crippen LogP contribution >= 0.6 is 0 Å². The number of rotatable bonds is 0. The van der Waals surface area contributed by atoms with Crippen LogP contribution in [0.15, 0.2) is 0 Å². The van der Waals surface area contributed by atoms with E-state index in [1.165, 1.54) is 6.42 Å². The molecule has 1 aliphatic heterocycles. The Bertz CT molecular complexity index is 25.9. The normalized spacial score (nSPS) is 17.2. The maximum Gasteiger partial charge on any atom is 0.0845 e. The summed E-state index contributed by atoms with van der Waals surface area (Å²) in [6.07, 6.45) is 2.31. The van der Waals surface area contributed by atoms with E-state index in [0.717, 1.165) is 19.6 Å². The number of hydrogen-bond donors (Lipinski definition) is 0. The van der Waals surface area contributed by atoms with E-state index in [9.17, 15) is 0 Å². The van der Waals surface area contributed by atoms with E-state index in [1.54, 1.807) is 0 Å². The summed E-state index contributed by atoms with van der Waals surface area (Å²) >= 11 is 0. The van der Waals surface area contributed by atoms with Gasteiger partial charge in [-0.15, -0.1) is 0 Å². The lowest BCUT2D eigenvalue weighted by molar-refractivity contribution is -0.248. The highest BCUT2D eigenvalue weighted by Crippen LogP contribution is 1.93. The molecule has 2 heteroatoms. The van der Waals surface area contributed by atoms with Gasteiger partial charge in [-0.2, -0.15) is 0 Å². The van der Waals surface area contributed by atoms with E-state index >= 15 is 0 Å². The zero-order valence-corrected chi connectivity index (χ0v) is 5.64. The first-order chi connectivity index (χ1) is 3.91. The summed E-state index contributed by atoms with van der Waals surface area (Å²) in [5.74, 6) is 0. The number of hydrogen-bond acceptors (Lipinski definition) is 2. The van der Waals surface area contributed by atoms with Gasteiger partial charge in [0.05, 0.1) is 13.2 Å². The lowest BCUT2D eigenvalue weighted by atomic mass is 10.5. The highest BCUT2D eigenvalue weighted by molar-refractivity contribution is 4.31. The molecule has 1 fully saturated rings. The summed E-state index contributed by atoms with van der Waals surface area (Å²) in [6, 6.07) is 0. The van der Waals surface area contributed by atoms with Crippen LogP contribution < -0.4 is 0 Å². The molecule has 2 nitrogen and oxygen atoms in total. The maximum atomic E-state index is 4.44. The van der Waals surface area contributed by atoms with Crippen molar-refractivity contribution < 1.29 is 9.78 Å². The van der Waals surface area contributed by atoms with Crippen molar-refractivity contribution in [1.29, 1.82) is 0 Å². The molecule has 0 atom stereocenters. The zero-order valence-electron chi connectivity index (χ0n) is 5.64. The lowest BCUT2D eigenvalue weighted by Crippen LogP contribution is -1.72. The molecule has 1 heterocycles. The van der Waals surface area contributed by atoms with Crippen molar-refractivity contribution in [2.45, 2.75) is 26.7 Å². The van der Waals surface area contributed by atoms with Crippen LogP contribution in [-0.4, -0.2) is 13.2 Å². The molecular weight excluding hydrogens is 104 g/mol. The smallest absolute Gasteiger partial charge is 0.0845 e. The Labute approximate surface area is 50.7 Å². The van der Waals surface area contributed by atoms with Gasteiger partial charge in [-0.05, 0) is 0 Å². The van der Waals surface area contributed by atoms with Crippen molar-refractivity contribution >= 4 is 0 Å². The molecule has 0 saturated carbocycles. The van der Waals surface area contributed by atoms with E-state index in [2.05, 4.69) is 23.6 Å². The quantitative estimate of drug-likeness (QED) is 0.451. The zero-order chi connectivity index (χ0) is 6.24. The van der Waals surface area contributed by atoms with Crippen LogP contribution in [0, 0.1) is 0 Å². The Kier molecular flexibility index (Phi) is 6.85. The molecule has 0 aliphatic carbocycles. The summed E-state index contributed by atoms with van der Waals surface area (Å²) in [4.78, 5) is 8.89. The van der Waals surface area contributed by atoms with Crippen LogP contribution in [0.3, 0.4) is 0 Å². The van der Waals surface area contributed by atoms with Crippen LogP contribution in [0.2, 0.25) is 0 Å². The highest BCUT2D eigenvalue weighted by Gasteiger charge is 1.95. The maximum absolute atomic E-state index is 4.44. The minimum absolute atomic E-state index is 0.778. The predicted octanol–water partition coefficient (Wildman–Crippen LogP) is 1.75. The molecule has 0 aromatic carbocycles. The molecular formula is C6H14O2. The van der Waals surface area contributed by atoms with Gasteiger partial charge in [-0.3, -0.25) is 0 Å². The van der Waals surface area contributed by atoms with Crippen LogP contribution in [0.25, 0.3) is 0 Å². The molecule has 0 bridgehead atoms. The largest absolute Gasteiger partial charge is 0.237 e. The van der Waals surface area contributed by atoms with Gasteiger partial charge in [-0.1, -0.05) is 20.3 Å². The Hall–Kier alpha value is -0.0800. The van der Waals surface area contributed by atoms with Gasteiger partial charge in [0.1, 0.15) is 0 Å². The molecule has 0 N–H and O–H groups in total. The van der Waals surface area contributed by atoms with Gasteiger partial charge in [0, 0.05) is 6.42 Å². The minimum Gasteiger partial charge on any atom is -0.237 e. The average molecular weight is 118 g/mol. The SMILES string of the molecule is C1COOC1.CCC. The van der Waals surface area contributed by atoms with Gasteiger partial charge in [0.25, 0.3) is 0 Å². The van der Waals surface area contributed by atoms with E-state index < -0.39 is 0 Å². The molecule has 50 valence electrons. The third-order valence-electron chi connectivity index (χ3n) is 0.539. The van der Waals surface area contributed by atoms with E-state index in [0.29, 0.717) is 0 Å². The molecule has 0 spiro atoms. The van der Waals surface area contributed by atoms with Gasteiger partial charge >= 0.3 is 0 Å². The van der Waals surface area contributed by atoms with Crippen molar-refractivity contribution in [3.8, 4) is 0 Å². The molecule has 0 radical (unpaired) electrons. The van der Waals surface area contributed by atoms with Crippen molar-refractivity contribution in [3.05, 3.63) is 0 Å². The van der Waals surface area contributed by atoms with Crippen molar-refractivity contribution in [3.63, 3.8) is 0 Å². The van der Waals surface area contributed by atoms with Gasteiger partial charge in [0.15, 0.2) is 0 Å². The molecule has 8 heavy (non-hydrogen) atoms. The standard InChI is InChI=1S/C3H6O2.C3H8/c1-2-4-5-3-1;1-3-2/h1-3H2;3H2,1-2H3. The van der Waals surface area contributed by atoms with E-state index in [1.807, 2.05) is 0 Å². The second-order valence-corrected chi connectivity index (χ2v) is 1.70. The fraction of sp³-hybridized carbons (Fsp3) is 1.00. The molecule has 0 unspecified atom stereocenters. The predicted molar refractivity (Wildman–Crippen MR) is 32.5 cm³/mol. The van der Waals surface area contributed by atoms with Gasteiger partial charge < -0.3 is 0 Å². The summed E-state index contributed by atoms with van der Waals surface area (Å²) in [7, 11) is 0. The molecule has 1 saturated heterocycles. The van der Waals surface area contributed by atoms with Crippen LogP contribution in [0.5, 0.6) is 0 Å². The Morgan fingerprint density at radius 2 is 1.50 bits per heavy atom. The van der Waals surface area contributed by atoms with Gasteiger partial charge in [0.2, 0.25) is 0 Å². The second-order valence-electron chi connectivity index (χ2n) is 1.70. The van der Waals surface area contributed by atoms with Crippen LogP contribution in [0.1, 0.15) is 26.7 Å². The summed E-state index contributed by atoms with van der Waals surface area (Å²) in [5.41, 5.74) is 0. The van der Waals surface area contributed by atoms with Crippen molar-refractivity contribution in [2.75, 3.05) is 13.2 Å². The average Bonchev–Trinajstić information content (AvgIpc) is 2.17. The summed E-state index contributed by atoms with van der Waals surface area (Å²) in [6.45, 7) is 5.81. The second kappa shape index (κ2) is 6.92. The lowest BCUT2D eigenvalue weighted by Gasteiger charge is -1.77. The first-order valence-electron chi connectivity index (χ1n) is 3.16. The summed E-state index contributed by atoms with van der Waals surface area (Å²) < 4.78 is 0. The monoisotopic (exact) mass is 118 g/mol. The molecule has 0 amide bonds. The fourth-order valence-corrected chi connectivity index (χ4v) is 0.295. The van der Waals surface area contributed by atoms with E-state index in [-0.39, 0.29) is 0 Å². The Morgan fingerprint density at radius 1 is 1.12 bits per heavy atom. The third-order valence-corrected chi connectivity index (χ3v) is 0.539. The Morgan fingerprint density at radius 3 is 1.62 bits per heavy atom. The third kappa shape index (κ3) is 5.92. The fourth-order valence-electron chi connectivity index (χ4n) is 0.295. The Balaban J connectivity index is 0.000000145. The minimum atomic E-state index is 0.778. The van der Waals surface area contributed by atoms with Crippen molar-refractivity contribution in [2.24, 2.45) is 0 Å². The highest BCUT2D eigenvalue weighted by atomic mass is 17.2. The molecule has 0 aromatic rings. The molecule has 0 aromatic heterocycles. The molecule has 1 rings (SSSR count). The first-order valence-corrected chi connectivity index (χ1v) is 3.16. The van der Waals surface area contributed by atoms with E-state index in [4.69, 9.17) is 0 Å². The molecule has 1 aliphatic rings. The van der Waals surface area contributed by atoms with Crippen molar-refractivity contribution in [1.82, 2.24) is 0 Å².